The smallest absolute Gasteiger partial charge is 0.343 e. The Morgan fingerprint density at radius 3 is 2.14 bits per heavy atom. The Morgan fingerprint density at radius 1 is 0.973 bits per heavy atom. The minimum atomic E-state index is -1.46. The number of hydrogen-bond acceptors (Lipinski definition) is 8. The van der Waals surface area contributed by atoms with Crippen molar-refractivity contribution in [2.75, 3.05) is 41.5 Å². The second-order valence-corrected chi connectivity index (χ2v) is 8.68. The Hall–Kier alpha value is -4.25. The summed E-state index contributed by atoms with van der Waals surface area (Å²) in [6, 6.07) is 11.8. The lowest BCUT2D eigenvalue weighted by Gasteiger charge is -2.37. The number of carboxylic acid groups (broad SMARTS) is 1. The van der Waals surface area contributed by atoms with Crippen LogP contribution in [0.3, 0.4) is 0 Å². The number of carbonyl (C=O) groups is 2. The SMILES string of the molecule is COc1ccc(-c2nc(C3(C(=O)O)CCN(C(=O)N(C)O)CC3)oc2-c2ccc(OC)c(OC)c2)cc1. The molecule has 37 heavy (non-hydrogen) atoms. The number of piperidine rings is 1. The predicted octanol–water partition coefficient (Wildman–Crippen LogP) is 3.89. The maximum atomic E-state index is 12.6. The van der Waals surface area contributed by atoms with E-state index in [2.05, 4.69) is 0 Å². The highest BCUT2D eigenvalue weighted by atomic mass is 16.5. The molecule has 2 heterocycles. The van der Waals surface area contributed by atoms with Gasteiger partial charge in [0.2, 0.25) is 5.89 Å². The fourth-order valence-corrected chi connectivity index (χ4v) is 4.45. The molecule has 1 aliphatic rings. The molecule has 11 heteroatoms. The Morgan fingerprint density at radius 2 is 1.59 bits per heavy atom. The zero-order chi connectivity index (χ0) is 26.7. The van der Waals surface area contributed by atoms with Gasteiger partial charge in [-0.2, -0.15) is 0 Å². The fourth-order valence-electron chi connectivity index (χ4n) is 4.45. The molecule has 0 radical (unpaired) electrons. The van der Waals surface area contributed by atoms with Crippen LogP contribution in [0.2, 0.25) is 0 Å². The summed E-state index contributed by atoms with van der Waals surface area (Å²) in [7, 11) is 5.86. The number of carbonyl (C=O) groups excluding carboxylic acids is 1. The number of benzene rings is 2. The maximum absolute atomic E-state index is 12.6. The van der Waals surface area contributed by atoms with Crippen LogP contribution in [-0.2, 0) is 10.2 Å². The third-order valence-electron chi connectivity index (χ3n) is 6.62. The Labute approximate surface area is 213 Å². The van der Waals surface area contributed by atoms with Crippen LogP contribution in [0.25, 0.3) is 22.6 Å². The first-order valence-corrected chi connectivity index (χ1v) is 11.6. The third kappa shape index (κ3) is 4.77. The number of oxazole rings is 1. The van der Waals surface area contributed by atoms with E-state index >= 15 is 0 Å². The van der Waals surface area contributed by atoms with Gasteiger partial charge in [-0.3, -0.25) is 10.0 Å². The number of methoxy groups -OCH3 is 3. The molecule has 0 unspecified atom stereocenters. The van der Waals surface area contributed by atoms with Crippen LogP contribution >= 0.6 is 0 Å². The largest absolute Gasteiger partial charge is 0.497 e. The summed E-state index contributed by atoms with van der Waals surface area (Å²) in [5.41, 5.74) is 0.327. The minimum Gasteiger partial charge on any atom is -0.497 e. The molecule has 1 aromatic heterocycles. The Bertz CT molecular complexity index is 1280. The highest BCUT2D eigenvalue weighted by Gasteiger charge is 2.49. The van der Waals surface area contributed by atoms with Crippen LogP contribution in [0.15, 0.2) is 46.9 Å². The quantitative estimate of drug-likeness (QED) is 0.358. The highest BCUT2D eigenvalue weighted by molar-refractivity contribution is 5.83. The number of hydrogen-bond donors (Lipinski definition) is 2. The number of aromatic nitrogens is 1. The number of aliphatic carboxylic acids is 1. The van der Waals surface area contributed by atoms with Crippen molar-refractivity contribution in [1.82, 2.24) is 14.9 Å². The predicted molar refractivity (Wildman–Crippen MR) is 132 cm³/mol. The summed E-state index contributed by atoms with van der Waals surface area (Å²) in [5.74, 6) is 0.984. The zero-order valence-electron chi connectivity index (χ0n) is 21.1. The molecule has 1 saturated heterocycles. The minimum absolute atomic E-state index is 0.0417. The average molecular weight is 512 g/mol. The van der Waals surface area contributed by atoms with Gasteiger partial charge in [-0.15, -0.1) is 0 Å². The molecule has 196 valence electrons. The van der Waals surface area contributed by atoms with E-state index in [0.717, 1.165) is 0 Å². The van der Waals surface area contributed by atoms with Gasteiger partial charge in [0.05, 0.1) is 21.3 Å². The molecule has 0 spiro atoms. The van der Waals surface area contributed by atoms with Crippen LogP contribution in [0, 0.1) is 0 Å². The first-order valence-electron chi connectivity index (χ1n) is 11.6. The normalized spacial score (nSPS) is 14.7. The number of carboxylic acids is 1. The lowest BCUT2D eigenvalue weighted by atomic mass is 9.78. The highest BCUT2D eigenvalue weighted by Crippen LogP contribution is 2.43. The summed E-state index contributed by atoms with van der Waals surface area (Å²) in [6.45, 7) is 0.226. The molecular formula is C26H29N3O8. The fraction of sp³-hybridized carbons (Fsp3) is 0.346. The summed E-state index contributed by atoms with van der Waals surface area (Å²) in [5, 5.41) is 20.3. The lowest BCUT2D eigenvalue weighted by molar-refractivity contribution is -0.147. The van der Waals surface area contributed by atoms with Gasteiger partial charge in [-0.05, 0) is 55.3 Å². The van der Waals surface area contributed by atoms with Crippen molar-refractivity contribution in [2.45, 2.75) is 18.3 Å². The second kappa shape index (κ2) is 10.4. The average Bonchev–Trinajstić information content (AvgIpc) is 3.38. The molecule has 2 aromatic carbocycles. The van der Waals surface area contributed by atoms with Crippen LogP contribution in [0.1, 0.15) is 18.7 Å². The van der Waals surface area contributed by atoms with Gasteiger partial charge in [0.25, 0.3) is 0 Å². The molecule has 4 rings (SSSR count). The second-order valence-electron chi connectivity index (χ2n) is 8.68. The summed E-state index contributed by atoms with van der Waals surface area (Å²) in [6.07, 6.45) is 0.131. The van der Waals surface area contributed by atoms with Gasteiger partial charge in [0.1, 0.15) is 16.9 Å². The number of urea groups is 1. The van der Waals surface area contributed by atoms with Crippen LogP contribution in [-0.4, -0.2) is 78.7 Å². The Kier molecular flexibility index (Phi) is 7.25. The van der Waals surface area contributed by atoms with Crippen LogP contribution in [0.5, 0.6) is 17.2 Å². The van der Waals surface area contributed by atoms with E-state index in [9.17, 15) is 19.9 Å². The van der Waals surface area contributed by atoms with Gasteiger partial charge in [-0.25, -0.2) is 14.8 Å². The first-order chi connectivity index (χ1) is 17.7. The summed E-state index contributed by atoms with van der Waals surface area (Å²) >= 11 is 0. The first kappa shape index (κ1) is 25.8. The molecule has 2 N–H and O–H groups in total. The van der Waals surface area contributed by atoms with E-state index in [4.69, 9.17) is 23.6 Å². The molecule has 3 aromatic rings. The van der Waals surface area contributed by atoms with Crippen molar-refractivity contribution in [3.05, 3.63) is 48.4 Å². The van der Waals surface area contributed by atoms with Crippen molar-refractivity contribution < 1.29 is 38.5 Å². The number of nitrogens with zero attached hydrogens (tertiary/aromatic N) is 3. The lowest BCUT2D eigenvalue weighted by Crippen LogP contribution is -2.51. The topological polar surface area (TPSA) is 135 Å². The maximum Gasteiger partial charge on any atom is 0.343 e. The van der Waals surface area contributed by atoms with Crippen LogP contribution in [0.4, 0.5) is 4.79 Å². The van der Waals surface area contributed by atoms with Crippen molar-refractivity contribution in [3.63, 3.8) is 0 Å². The van der Waals surface area contributed by atoms with Gasteiger partial charge in [-0.1, -0.05) is 0 Å². The zero-order valence-corrected chi connectivity index (χ0v) is 21.1. The summed E-state index contributed by atoms with van der Waals surface area (Å²) in [4.78, 5) is 30.9. The molecule has 0 bridgehead atoms. The van der Waals surface area contributed by atoms with Crippen molar-refractivity contribution in [3.8, 4) is 39.8 Å². The van der Waals surface area contributed by atoms with Crippen molar-refractivity contribution >= 4 is 12.0 Å². The van der Waals surface area contributed by atoms with E-state index < -0.39 is 17.4 Å². The number of likely N-dealkylation sites (tertiary alicyclic amines) is 1. The molecule has 0 atom stereocenters. The number of amides is 2. The van der Waals surface area contributed by atoms with Gasteiger partial charge >= 0.3 is 12.0 Å². The number of hydroxylamine groups is 2. The van der Waals surface area contributed by atoms with Gasteiger partial charge < -0.3 is 28.6 Å². The molecule has 1 aliphatic heterocycles. The standard InChI is InChI=1S/C26H29N3O8/c1-28(33)25(32)29-13-11-26(12-14-29,24(30)31)23-27-21(16-5-8-18(34-2)9-6-16)22(37-23)17-7-10-19(35-3)20(15-17)36-4/h5-10,15,33H,11-14H2,1-4H3,(H,30,31). The Balaban J connectivity index is 1.82. The van der Waals surface area contributed by atoms with Gasteiger partial charge in [0, 0.05) is 31.3 Å². The molecule has 0 saturated carbocycles. The van der Waals surface area contributed by atoms with Crippen molar-refractivity contribution in [2.24, 2.45) is 0 Å². The number of rotatable bonds is 7. The number of ether oxygens (including phenoxy) is 3. The van der Waals surface area contributed by atoms with E-state index in [0.29, 0.717) is 44.9 Å². The van der Waals surface area contributed by atoms with E-state index in [-0.39, 0.29) is 31.8 Å². The van der Waals surface area contributed by atoms with Gasteiger partial charge in [0.15, 0.2) is 17.3 Å². The van der Waals surface area contributed by atoms with E-state index in [1.54, 1.807) is 37.4 Å². The monoisotopic (exact) mass is 511 g/mol. The molecule has 1 fully saturated rings. The molecule has 11 nitrogen and oxygen atoms in total. The van der Waals surface area contributed by atoms with E-state index in [1.807, 2.05) is 12.1 Å². The third-order valence-corrected chi connectivity index (χ3v) is 6.62. The van der Waals surface area contributed by atoms with Crippen LogP contribution < -0.4 is 14.2 Å². The van der Waals surface area contributed by atoms with E-state index in [1.165, 1.54) is 26.2 Å². The molecule has 0 aliphatic carbocycles. The molecule has 2 amide bonds. The molecular weight excluding hydrogens is 482 g/mol. The van der Waals surface area contributed by atoms with Crippen molar-refractivity contribution in [1.29, 1.82) is 0 Å². The summed E-state index contributed by atoms with van der Waals surface area (Å²) < 4.78 is 22.3.